The number of anilines is 3. The predicted molar refractivity (Wildman–Crippen MR) is 111 cm³/mol. The molecule has 1 aromatic carbocycles. The van der Waals surface area contributed by atoms with Gasteiger partial charge in [0.25, 0.3) is 0 Å². The van der Waals surface area contributed by atoms with E-state index < -0.39 is 20.0 Å². The second-order valence-electron chi connectivity index (χ2n) is 6.67. The zero-order valence-electron chi connectivity index (χ0n) is 22.2. The standard InChI is InChI=1S/C20H21N7O4/c1-27-10-21-18(26-27)12-5-4-6-13(17(12)30-2)22-14-9-15(23-19(28)11-7-8-11)24-25-16(14)20(29)31-3/h4-6,9-11H,7-8H2,1-3H3,(H2,22,23,24,28)/i1D3,2D3. The molecule has 0 saturated heterocycles. The lowest BCUT2D eigenvalue weighted by Crippen LogP contribution is -2.17. The minimum atomic E-state index is -2.91. The molecule has 1 saturated carbocycles. The van der Waals surface area contributed by atoms with Gasteiger partial charge in [-0.05, 0) is 25.0 Å². The normalized spacial score (nSPS) is 16.5. The Morgan fingerprint density at radius 3 is 2.84 bits per heavy atom. The fourth-order valence-corrected chi connectivity index (χ4v) is 2.82. The second-order valence-corrected chi connectivity index (χ2v) is 6.67. The van der Waals surface area contributed by atoms with Gasteiger partial charge in [-0.1, -0.05) is 6.07 Å². The Morgan fingerprint density at radius 1 is 1.26 bits per heavy atom. The van der Waals surface area contributed by atoms with Gasteiger partial charge in [-0.15, -0.1) is 10.2 Å². The van der Waals surface area contributed by atoms with Crippen molar-refractivity contribution in [3.05, 3.63) is 36.3 Å². The molecule has 11 heteroatoms. The molecule has 11 nitrogen and oxygen atoms in total. The Balaban J connectivity index is 1.78. The molecule has 31 heavy (non-hydrogen) atoms. The van der Waals surface area contributed by atoms with Crippen molar-refractivity contribution in [1.82, 2.24) is 25.0 Å². The number of ether oxygens (including phenoxy) is 2. The fourth-order valence-electron chi connectivity index (χ4n) is 2.82. The molecule has 0 unspecified atom stereocenters. The molecule has 1 fully saturated rings. The van der Waals surface area contributed by atoms with Crippen LogP contribution in [0.3, 0.4) is 0 Å². The Morgan fingerprint density at radius 2 is 2.13 bits per heavy atom. The third-order valence-electron chi connectivity index (χ3n) is 4.49. The van der Waals surface area contributed by atoms with Crippen LogP contribution < -0.4 is 15.4 Å². The largest absolute Gasteiger partial charge is 0.494 e. The number of benzene rings is 1. The van der Waals surface area contributed by atoms with Gasteiger partial charge in [0.05, 0.1) is 35.2 Å². The maximum atomic E-state index is 12.3. The predicted octanol–water partition coefficient (Wildman–Crippen LogP) is 2.16. The van der Waals surface area contributed by atoms with Crippen LogP contribution in [0, 0.1) is 5.92 Å². The number of aromatic nitrogens is 5. The van der Waals surface area contributed by atoms with E-state index in [1.54, 1.807) is 0 Å². The molecule has 160 valence electrons. The number of nitrogens with one attached hydrogen (secondary N) is 2. The molecule has 2 aromatic heterocycles. The van der Waals surface area contributed by atoms with Gasteiger partial charge in [0.15, 0.2) is 23.1 Å². The van der Waals surface area contributed by atoms with Gasteiger partial charge >= 0.3 is 5.97 Å². The van der Waals surface area contributed by atoms with Crippen molar-refractivity contribution in [2.75, 3.05) is 24.8 Å². The molecular formula is C20H21N7O4. The van der Waals surface area contributed by atoms with E-state index in [4.69, 9.17) is 17.7 Å². The summed E-state index contributed by atoms with van der Waals surface area (Å²) in [6.45, 7) is -2.61. The minimum absolute atomic E-state index is 0.0291. The first-order valence-corrected chi connectivity index (χ1v) is 9.14. The summed E-state index contributed by atoms with van der Waals surface area (Å²) in [5.74, 6) is -1.51. The molecule has 1 amide bonds. The number of hydrogen-bond acceptors (Lipinski definition) is 9. The molecule has 0 aliphatic heterocycles. The maximum absolute atomic E-state index is 12.3. The number of carbonyl (C=O) groups excluding carboxylic acids is 2. The summed E-state index contributed by atoms with van der Waals surface area (Å²) in [5.41, 5.74) is -0.104. The molecule has 3 aromatic rings. The summed E-state index contributed by atoms with van der Waals surface area (Å²) in [6.07, 6.45) is 2.51. The van der Waals surface area contributed by atoms with Gasteiger partial charge in [-0.2, -0.15) is 5.10 Å². The highest BCUT2D eigenvalue weighted by atomic mass is 16.5. The van der Waals surface area contributed by atoms with Crippen molar-refractivity contribution >= 4 is 29.1 Å². The van der Waals surface area contributed by atoms with E-state index in [1.807, 2.05) is 0 Å². The molecule has 0 atom stereocenters. The number of nitrogens with zero attached hydrogens (tertiary/aromatic N) is 5. The van der Waals surface area contributed by atoms with Crippen LogP contribution in [-0.2, 0) is 16.5 Å². The van der Waals surface area contributed by atoms with Crippen molar-refractivity contribution in [2.45, 2.75) is 12.8 Å². The zero-order valence-corrected chi connectivity index (χ0v) is 16.2. The van der Waals surface area contributed by atoms with Crippen LogP contribution in [0.2, 0.25) is 0 Å². The van der Waals surface area contributed by atoms with E-state index in [0.29, 0.717) is 4.68 Å². The molecule has 4 rings (SSSR count). The van der Waals surface area contributed by atoms with Crippen molar-refractivity contribution < 1.29 is 27.3 Å². The van der Waals surface area contributed by atoms with E-state index in [2.05, 4.69) is 30.9 Å². The smallest absolute Gasteiger partial charge is 0.360 e. The SMILES string of the molecule is [2H]C([2H])([2H])Oc1c(Nc2cc(NC(=O)C3CC3)nnc2C(=O)OC)cccc1-c1ncn(C([2H])([2H])[2H])n1. The maximum Gasteiger partial charge on any atom is 0.360 e. The highest BCUT2D eigenvalue weighted by molar-refractivity contribution is 5.97. The summed E-state index contributed by atoms with van der Waals surface area (Å²) in [5, 5.41) is 17.1. The monoisotopic (exact) mass is 429 g/mol. The Hall–Kier alpha value is -4.02. The average molecular weight is 429 g/mol. The summed E-state index contributed by atoms with van der Waals surface area (Å²) >= 11 is 0. The van der Waals surface area contributed by atoms with Crippen LogP contribution in [-0.4, -0.2) is 51.0 Å². The van der Waals surface area contributed by atoms with E-state index in [-0.39, 0.29) is 51.8 Å². The topological polar surface area (TPSA) is 133 Å². The minimum Gasteiger partial charge on any atom is -0.494 e. The van der Waals surface area contributed by atoms with Crippen molar-refractivity contribution in [2.24, 2.45) is 12.9 Å². The number of rotatable bonds is 7. The van der Waals surface area contributed by atoms with Crippen LogP contribution in [0.15, 0.2) is 30.6 Å². The van der Waals surface area contributed by atoms with Gasteiger partial charge in [0, 0.05) is 23.1 Å². The van der Waals surface area contributed by atoms with Crippen LogP contribution in [0.4, 0.5) is 17.2 Å². The van der Waals surface area contributed by atoms with Crippen LogP contribution >= 0.6 is 0 Å². The Labute approximate surface area is 186 Å². The third kappa shape index (κ3) is 4.29. The number of aryl methyl sites for hydroxylation is 1. The number of amides is 1. The van der Waals surface area contributed by atoms with Crippen LogP contribution in [0.1, 0.15) is 31.6 Å². The lowest BCUT2D eigenvalue weighted by atomic mass is 10.1. The number of hydrogen-bond donors (Lipinski definition) is 2. The first kappa shape index (κ1) is 14.1. The van der Waals surface area contributed by atoms with Gasteiger partial charge in [-0.25, -0.2) is 9.78 Å². The summed E-state index contributed by atoms with van der Waals surface area (Å²) < 4.78 is 55.9. The van der Waals surface area contributed by atoms with Gasteiger partial charge in [-0.3, -0.25) is 9.48 Å². The van der Waals surface area contributed by atoms with E-state index >= 15 is 0 Å². The lowest BCUT2D eigenvalue weighted by molar-refractivity contribution is -0.117. The molecule has 2 N–H and O–H groups in total. The Kier molecular flexibility index (Phi) is 3.80. The van der Waals surface area contributed by atoms with Crippen molar-refractivity contribution in [1.29, 1.82) is 0 Å². The van der Waals surface area contributed by atoms with Crippen molar-refractivity contribution in [3.63, 3.8) is 0 Å². The highest BCUT2D eigenvalue weighted by Gasteiger charge is 2.30. The van der Waals surface area contributed by atoms with E-state index in [9.17, 15) is 9.59 Å². The first-order valence-electron chi connectivity index (χ1n) is 12.1. The van der Waals surface area contributed by atoms with Crippen LogP contribution in [0.25, 0.3) is 11.4 Å². The Bertz CT molecular complexity index is 1340. The number of methoxy groups -OCH3 is 2. The lowest BCUT2D eigenvalue weighted by Gasteiger charge is -2.15. The quantitative estimate of drug-likeness (QED) is 0.542. The molecule has 2 heterocycles. The number of para-hydroxylation sites is 1. The molecular weight excluding hydrogens is 402 g/mol. The van der Waals surface area contributed by atoms with Crippen LogP contribution in [0.5, 0.6) is 5.75 Å². The second kappa shape index (κ2) is 8.38. The van der Waals surface area contributed by atoms with Crippen molar-refractivity contribution in [3.8, 4) is 17.1 Å². The molecule has 1 aliphatic carbocycles. The molecule has 1 aliphatic rings. The average Bonchev–Trinajstić information content (AvgIpc) is 3.54. The van der Waals surface area contributed by atoms with Gasteiger partial charge in [0.2, 0.25) is 5.91 Å². The molecule has 0 bridgehead atoms. The van der Waals surface area contributed by atoms with Gasteiger partial charge < -0.3 is 20.1 Å². The fraction of sp³-hybridized carbons (Fsp3) is 0.300. The van der Waals surface area contributed by atoms with Gasteiger partial charge in [0.1, 0.15) is 6.33 Å². The molecule has 0 radical (unpaired) electrons. The van der Waals surface area contributed by atoms with E-state index in [0.717, 1.165) is 26.3 Å². The summed E-state index contributed by atoms with van der Waals surface area (Å²) in [7, 11) is -1.77. The number of esters is 1. The number of carbonyl (C=O) groups is 2. The molecule has 0 spiro atoms. The highest BCUT2D eigenvalue weighted by Crippen LogP contribution is 2.37. The third-order valence-corrected chi connectivity index (χ3v) is 4.49. The first-order chi connectivity index (χ1) is 17.4. The summed E-state index contributed by atoms with van der Waals surface area (Å²) in [4.78, 5) is 28.5. The zero-order chi connectivity index (χ0) is 27.0. The van der Waals surface area contributed by atoms with E-state index in [1.165, 1.54) is 24.3 Å². The summed E-state index contributed by atoms with van der Waals surface area (Å²) in [6, 6.07) is 5.75.